The zero-order valence-corrected chi connectivity index (χ0v) is 18.3. The number of aryl methyl sites for hydroxylation is 1. The van der Waals surface area contributed by atoms with E-state index in [-0.39, 0.29) is 24.1 Å². The summed E-state index contributed by atoms with van der Waals surface area (Å²) in [6.45, 7) is 3.69. The van der Waals surface area contributed by atoms with Gasteiger partial charge in [0.25, 0.3) is 5.91 Å². The molecule has 0 aliphatic carbocycles. The smallest absolute Gasteiger partial charge is 0.274 e. The Bertz CT molecular complexity index is 982. The van der Waals surface area contributed by atoms with Crippen LogP contribution < -0.4 is 0 Å². The Balaban J connectivity index is 1.64. The first-order valence-electron chi connectivity index (χ1n) is 10.7. The standard InChI is InChI=1S/C23H27N5O4/c1-16-13-25-18(14-24-16)21(29)28-15-20-22(30)26(10-11-32-2)8-9-27(20)23(31)19(28)12-17-6-4-3-5-7-17/h3-7,13-14,19-20H,8-12,15H2,1-2H3/t19-,20-/m0/s1. The number of hydrogen-bond donors (Lipinski definition) is 0. The molecule has 32 heavy (non-hydrogen) atoms. The van der Waals surface area contributed by atoms with Gasteiger partial charge in [-0.2, -0.15) is 0 Å². The van der Waals surface area contributed by atoms with Crippen LogP contribution in [0, 0.1) is 6.92 Å². The summed E-state index contributed by atoms with van der Waals surface area (Å²) in [5.41, 5.74) is 1.80. The van der Waals surface area contributed by atoms with Gasteiger partial charge in [-0.15, -0.1) is 0 Å². The van der Waals surface area contributed by atoms with Gasteiger partial charge in [0.05, 0.1) is 25.0 Å². The van der Waals surface area contributed by atoms with Crippen LogP contribution >= 0.6 is 0 Å². The molecule has 2 aliphatic rings. The molecule has 2 aromatic rings. The predicted molar refractivity (Wildman–Crippen MR) is 116 cm³/mol. The molecule has 0 N–H and O–H groups in total. The summed E-state index contributed by atoms with van der Waals surface area (Å²) in [7, 11) is 1.59. The first kappa shape index (κ1) is 21.9. The molecule has 1 aromatic carbocycles. The second-order valence-electron chi connectivity index (χ2n) is 8.07. The van der Waals surface area contributed by atoms with Crippen molar-refractivity contribution in [2.24, 2.45) is 0 Å². The zero-order chi connectivity index (χ0) is 22.7. The van der Waals surface area contributed by atoms with Gasteiger partial charge in [0.15, 0.2) is 0 Å². The van der Waals surface area contributed by atoms with Crippen LogP contribution in [0.1, 0.15) is 21.7 Å². The molecule has 2 saturated heterocycles. The van der Waals surface area contributed by atoms with Gasteiger partial charge in [-0.3, -0.25) is 19.4 Å². The lowest BCUT2D eigenvalue weighted by Crippen LogP contribution is -2.70. The summed E-state index contributed by atoms with van der Waals surface area (Å²) in [4.78, 5) is 53.3. The summed E-state index contributed by atoms with van der Waals surface area (Å²) in [6.07, 6.45) is 3.31. The Morgan fingerprint density at radius 1 is 1.09 bits per heavy atom. The second kappa shape index (κ2) is 9.44. The zero-order valence-electron chi connectivity index (χ0n) is 18.3. The fraction of sp³-hybridized carbons (Fsp3) is 0.435. The third-order valence-corrected chi connectivity index (χ3v) is 6.00. The quantitative estimate of drug-likeness (QED) is 0.655. The highest BCUT2D eigenvalue weighted by molar-refractivity contribution is 6.00. The van der Waals surface area contributed by atoms with Crippen molar-refractivity contribution in [3.05, 3.63) is 59.7 Å². The van der Waals surface area contributed by atoms with Crippen molar-refractivity contribution in [2.45, 2.75) is 25.4 Å². The molecule has 9 nitrogen and oxygen atoms in total. The van der Waals surface area contributed by atoms with Gasteiger partial charge < -0.3 is 19.4 Å². The highest BCUT2D eigenvalue weighted by Gasteiger charge is 2.48. The summed E-state index contributed by atoms with van der Waals surface area (Å²) >= 11 is 0. The minimum absolute atomic E-state index is 0.125. The lowest BCUT2D eigenvalue weighted by atomic mass is 9.96. The molecule has 3 amide bonds. The molecule has 168 valence electrons. The number of ether oxygens (including phenoxy) is 1. The average molecular weight is 438 g/mol. The number of piperazine rings is 2. The van der Waals surface area contributed by atoms with Crippen LogP contribution in [0.2, 0.25) is 0 Å². The highest BCUT2D eigenvalue weighted by atomic mass is 16.5. The monoisotopic (exact) mass is 437 g/mol. The molecule has 0 unspecified atom stereocenters. The molecule has 2 fully saturated rings. The van der Waals surface area contributed by atoms with Gasteiger partial charge in [-0.1, -0.05) is 30.3 Å². The van der Waals surface area contributed by atoms with Crippen molar-refractivity contribution in [3.8, 4) is 0 Å². The number of amides is 3. The average Bonchev–Trinajstić information content (AvgIpc) is 2.81. The number of aromatic nitrogens is 2. The molecule has 1 aromatic heterocycles. The van der Waals surface area contributed by atoms with E-state index >= 15 is 0 Å². The number of benzene rings is 1. The molecule has 0 saturated carbocycles. The van der Waals surface area contributed by atoms with Crippen LogP contribution in [0.15, 0.2) is 42.7 Å². The second-order valence-corrected chi connectivity index (χ2v) is 8.07. The largest absolute Gasteiger partial charge is 0.383 e. The molecule has 4 rings (SSSR count). The van der Waals surface area contributed by atoms with E-state index in [9.17, 15) is 14.4 Å². The number of hydrogen-bond acceptors (Lipinski definition) is 6. The van der Waals surface area contributed by atoms with Crippen molar-refractivity contribution in [3.63, 3.8) is 0 Å². The van der Waals surface area contributed by atoms with Crippen molar-refractivity contribution in [2.75, 3.05) is 39.9 Å². The molecular formula is C23H27N5O4. The maximum Gasteiger partial charge on any atom is 0.274 e. The third-order valence-electron chi connectivity index (χ3n) is 6.00. The number of rotatable bonds is 6. The van der Waals surface area contributed by atoms with Gasteiger partial charge >= 0.3 is 0 Å². The molecule has 2 atom stereocenters. The highest BCUT2D eigenvalue weighted by Crippen LogP contribution is 2.25. The first-order valence-corrected chi connectivity index (χ1v) is 10.7. The lowest BCUT2D eigenvalue weighted by Gasteiger charge is -2.49. The van der Waals surface area contributed by atoms with Crippen LogP contribution in [0.3, 0.4) is 0 Å². The number of nitrogens with zero attached hydrogens (tertiary/aromatic N) is 5. The van der Waals surface area contributed by atoms with Crippen LogP contribution in [-0.4, -0.2) is 94.4 Å². The molecule has 2 aliphatic heterocycles. The van der Waals surface area contributed by atoms with E-state index in [0.717, 1.165) is 5.56 Å². The molecule has 9 heteroatoms. The van der Waals surface area contributed by atoms with E-state index < -0.39 is 18.0 Å². The Kier molecular flexibility index (Phi) is 6.45. The van der Waals surface area contributed by atoms with Gasteiger partial charge in [-0.05, 0) is 12.5 Å². The van der Waals surface area contributed by atoms with Crippen molar-refractivity contribution in [1.29, 1.82) is 0 Å². The van der Waals surface area contributed by atoms with E-state index in [1.165, 1.54) is 17.3 Å². The number of carbonyl (C=O) groups is 3. The molecule has 0 spiro atoms. The maximum absolute atomic E-state index is 13.5. The SMILES string of the molecule is COCCN1CCN2C(=O)[C@H](Cc3ccccc3)N(C(=O)c3cnc(C)cn3)C[C@H]2C1=O. The minimum Gasteiger partial charge on any atom is -0.383 e. The Labute approximate surface area is 187 Å². The Hall–Kier alpha value is -3.33. The topological polar surface area (TPSA) is 95.9 Å². The van der Waals surface area contributed by atoms with Crippen molar-refractivity contribution >= 4 is 17.7 Å². The van der Waals surface area contributed by atoms with E-state index in [1.807, 2.05) is 30.3 Å². The van der Waals surface area contributed by atoms with Gasteiger partial charge in [0.1, 0.15) is 17.8 Å². The fourth-order valence-corrected chi connectivity index (χ4v) is 4.25. The van der Waals surface area contributed by atoms with Crippen LogP contribution in [0.25, 0.3) is 0 Å². The first-order chi connectivity index (χ1) is 15.5. The summed E-state index contributed by atoms with van der Waals surface area (Å²) in [5.74, 6) is -0.765. The summed E-state index contributed by atoms with van der Waals surface area (Å²) in [6, 6.07) is 8.17. The maximum atomic E-state index is 13.5. The fourth-order valence-electron chi connectivity index (χ4n) is 4.25. The molecule has 0 radical (unpaired) electrons. The third kappa shape index (κ3) is 4.34. The van der Waals surface area contributed by atoms with E-state index in [2.05, 4.69) is 9.97 Å². The Morgan fingerprint density at radius 3 is 2.56 bits per heavy atom. The van der Waals surface area contributed by atoms with Crippen molar-refractivity contribution in [1.82, 2.24) is 24.7 Å². The molecular weight excluding hydrogens is 410 g/mol. The normalized spacial score (nSPS) is 21.0. The van der Waals surface area contributed by atoms with Crippen molar-refractivity contribution < 1.29 is 19.1 Å². The predicted octanol–water partition coefficient (Wildman–Crippen LogP) is 0.538. The minimum atomic E-state index is -0.706. The Morgan fingerprint density at radius 2 is 1.88 bits per heavy atom. The van der Waals surface area contributed by atoms with Gasteiger partial charge in [0.2, 0.25) is 11.8 Å². The van der Waals surface area contributed by atoms with Crippen LogP contribution in [0.5, 0.6) is 0 Å². The summed E-state index contributed by atoms with van der Waals surface area (Å²) in [5, 5.41) is 0. The van der Waals surface area contributed by atoms with Gasteiger partial charge in [0, 0.05) is 39.4 Å². The lowest BCUT2D eigenvalue weighted by molar-refractivity contribution is -0.160. The number of methoxy groups -OCH3 is 1. The molecule has 0 bridgehead atoms. The number of carbonyl (C=O) groups excluding carboxylic acids is 3. The van der Waals surface area contributed by atoms with Gasteiger partial charge in [-0.25, -0.2) is 4.98 Å². The van der Waals surface area contributed by atoms with E-state index in [4.69, 9.17) is 4.74 Å². The van der Waals surface area contributed by atoms with Crippen LogP contribution in [0.4, 0.5) is 0 Å². The molecule has 3 heterocycles. The van der Waals surface area contributed by atoms with E-state index in [1.54, 1.807) is 23.8 Å². The number of fused-ring (bicyclic) bond motifs is 1. The summed E-state index contributed by atoms with van der Waals surface area (Å²) < 4.78 is 5.11. The van der Waals surface area contributed by atoms with E-state index in [0.29, 0.717) is 38.4 Å². The van der Waals surface area contributed by atoms with Crippen LogP contribution in [-0.2, 0) is 20.7 Å².